The molecular formula is C19H21NO6. The Labute approximate surface area is 150 Å². The fourth-order valence-corrected chi connectivity index (χ4v) is 2.63. The van der Waals surface area contributed by atoms with Gasteiger partial charge in [0, 0.05) is 18.2 Å². The van der Waals surface area contributed by atoms with Crippen LogP contribution < -0.4 is 5.56 Å². The Morgan fingerprint density at radius 2 is 1.62 bits per heavy atom. The van der Waals surface area contributed by atoms with E-state index in [0.717, 1.165) is 0 Å². The second kappa shape index (κ2) is 7.13. The first-order chi connectivity index (χ1) is 12.0. The fraction of sp³-hybridized carbons (Fsp3) is 0.316. The number of hydrogen-bond acceptors (Lipinski definition) is 4. The van der Waals surface area contributed by atoms with Crippen LogP contribution in [0.4, 0.5) is 0 Å². The van der Waals surface area contributed by atoms with Crippen LogP contribution in [0.15, 0.2) is 47.4 Å². The topological polar surface area (TPSA) is 117 Å². The molecule has 26 heavy (non-hydrogen) atoms. The lowest BCUT2D eigenvalue weighted by molar-refractivity contribution is -0.199. The number of rotatable bonds is 6. The van der Waals surface area contributed by atoms with E-state index in [1.807, 2.05) is 0 Å². The number of carboxylic acid groups (broad SMARTS) is 2. The monoisotopic (exact) mass is 359 g/mol. The minimum absolute atomic E-state index is 0.248. The van der Waals surface area contributed by atoms with Gasteiger partial charge < -0.3 is 19.9 Å². The summed E-state index contributed by atoms with van der Waals surface area (Å²) in [5.74, 6) is -3.13. The molecular weight excluding hydrogens is 338 g/mol. The van der Waals surface area contributed by atoms with Crippen LogP contribution in [-0.4, -0.2) is 38.3 Å². The quantitative estimate of drug-likeness (QED) is 0.682. The molecule has 7 heteroatoms. The predicted molar refractivity (Wildman–Crippen MR) is 95.0 cm³/mol. The van der Waals surface area contributed by atoms with Gasteiger partial charge in [-0.15, -0.1) is 0 Å². The summed E-state index contributed by atoms with van der Waals surface area (Å²) >= 11 is 0. The number of carbonyl (C=O) groups is 2. The number of pyridine rings is 1. The van der Waals surface area contributed by atoms with Crippen LogP contribution in [0.3, 0.4) is 0 Å². The molecule has 0 atom stereocenters. The van der Waals surface area contributed by atoms with Crippen molar-refractivity contribution in [3.8, 4) is 11.1 Å². The molecule has 138 valence electrons. The molecule has 0 bridgehead atoms. The van der Waals surface area contributed by atoms with Gasteiger partial charge in [-0.05, 0) is 44.0 Å². The van der Waals surface area contributed by atoms with Crippen LogP contribution in [-0.2, 0) is 20.7 Å². The molecule has 0 amide bonds. The highest BCUT2D eigenvalue weighted by atomic mass is 16.6. The van der Waals surface area contributed by atoms with E-state index in [1.54, 1.807) is 57.2 Å². The SMILES string of the molecule is CC(C)(C)OC(Cc1ccc(-c2ccc[nH]c2=O)cc1)(C(=O)O)C(=O)O. The molecule has 1 heterocycles. The highest BCUT2D eigenvalue weighted by molar-refractivity contribution is 6.02. The van der Waals surface area contributed by atoms with Gasteiger partial charge in [-0.3, -0.25) is 4.79 Å². The molecule has 0 unspecified atom stereocenters. The van der Waals surface area contributed by atoms with Crippen molar-refractivity contribution in [2.24, 2.45) is 0 Å². The third-order valence-electron chi connectivity index (χ3n) is 3.71. The van der Waals surface area contributed by atoms with Crippen LogP contribution in [0.5, 0.6) is 0 Å². The minimum atomic E-state index is -2.40. The first-order valence-electron chi connectivity index (χ1n) is 7.99. The number of nitrogens with one attached hydrogen (secondary N) is 1. The molecule has 7 nitrogen and oxygen atoms in total. The van der Waals surface area contributed by atoms with Crippen molar-refractivity contribution in [2.45, 2.75) is 38.4 Å². The normalized spacial score (nSPS) is 12.0. The number of carboxylic acids is 2. The van der Waals surface area contributed by atoms with Crippen molar-refractivity contribution in [1.82, 2.24) is 4.98 Å². The smallest absolute Gasteiger partial charge is 0.348 e. The zero-order valence-corrected chi connectivity index (χ0v) is 14.8. The third-order valence-corrected chi connectivity index (χ3v) is 3.71. The highest BCUT2D eigenvalue weighted by Gasteiger charge is 2.50. The van der Waals surface area contributed by atoms with Crippen LogP contribution in [0.1, 0.15) is 26.3 Å². The van der Waals surface area contributed by atoms with E-state index >= 15 is 0 Å². The first-order valence-corrected chi connectivity index (χ1v) is 7.99. The summed E-state index contributed by atoms with van der Waals surface area (Å²) in [6.45, 7) is 4.79. The maximum Gasteiger partial charge on any atom is 0.348 e. The molecule has 2 aromatic rings. The van der Waals surface area contributed by atoms with E-state index in [0.29, 0.717) is 16.7 Å². The van der Waals surface area contributed by atoms with Crippen molar-refractivity contribution in [1.29, 1.82) is 0 Å². The van der Waals surface area contributed by atoms with Crippen molar-refractivity contribution >= 4 is 11.9 Å². The summed E-state index contributed by atoms with van der Waals surface area (Å²) in [6, 6.07) is 9.83. The standard InChI is InChI=1S/C19H21NO6/c1-18(2,3)26-19(16(22)23,17(24)25)11-12-6-8-13(9-7-12)14-5-4-10-20-15(14)21/h4-10H,11H2,1-3H3,(H,20,21)(H,22,23)(H,24,25). The lowest BCUT2D eigenvalue weighted by atomic mass is 9.92. The number of benzene rings is 1. The summed E-state index contributed by atoms with van der Waals surface area (Å²) in [7, 11) is 0. The molecule has 0 saturated heterocycles. The summed E-state index contributed by atoms with van der Waals surface area (Å²) in [5, 5.41) is 19.1. The zero-order chi connectivity index (χ0) is 19.5. The highest BCUT2D eigenvalue weighted by Crippen LogP contribution is 2.27. The van der Waals surface area contributed by atoms with Crippen LogP contribution >= 0.6 is 0 Å². The molecule has 0 aliphatic heterocycles. The molecule has 0 radical (unpaired) electrons. The van der Waals surface area contributed by atoms with Crippen LogP contribution in [0, 0.1) is 0 Å². The van der Waals surface area contributed by atoms with Gasteiger partial charge in [0.2, 0.25) is 0 Å². The zero-order valence-electron chi connectivity index (χ0n) is 14.8. The summed E-state index contributed by atoms with van der Waals surface area (Å²) in [6.07, 6.45) is 1.18. The number of hydrogen-bond donors (Lipinski definition) is 3. The van der Waals surface area contributed by atoms with Gasteiger partial charge in [-0.2, -0.15) is 0 Å². The number of aliphatic carboxylic acids is 2. The maximum absolute atomic E-state index is 11.8. The summed E-state index contributed by atoms with van der Waals surface area (Å²) < 4.78 is 5.43. The molecule has 1 aromatic carbocycles. The van der Waals surface area contributed by atoms with E-state index in [1.165, 1.54) is 6.20 Å². The number of aromatic amines is 1. The number of aromatic nitrogens is 1. The van der Waals surface area contributed by atoms with Crippen molar-refractivity contribution in [3.63, 3.8) is 0 Å². The van der Waals surface area contributed by atoms with Gasteiger partial charge in [-0.25, -0.2) is 9.59 Å². The summed E-state index contributed by atoms with van der Waals surface area (Å²) in [4.78, 5) is 37.9. The Bertz CT molecular complexity index is 847. The van der Waals surface area contributed by atoms with Gasteiger partial charge in [0.15, 0.2) is 0 Å². The predicted octanol–water partition coefficient (Wildman–Crippen LogP) is 2.31. The van der Waals surface area contributed by atoms with E-state index in [-0.39, 0.29) is 12.0 Å². The Morgan fingerprint density at radius 1 is 1.04 bits per heavy atom. The Morgan fingerprint density at radius 3 is 2.08 bits per heavy atom. The summed E-state index contributed by atoms with van der Waals surface area (Å²) in [5.41, 5.74) is -2.04. The fourth-order valence-electron chi connectivity index (χ4n) is 2.63. The number of ether oxygens (including phenoxy) is 1. The van der Waals surface area contributed by atoms with Crippen molar-refractivity contribution in [2.75, 3.05) is 0 Å². The third kappa shape index (κ3) is 4.18. The van der Waals surface area contributed by atoms with Gasteiger partial charge >= 0.3 is 11.9 Å². The van der Waals surface area contributed by atoms with E-state index < -0.39 is 23.1 Å². The van der Waals surface area contributed by atoms with E-state index in [9.17, 15) is 24.6 Å². The molecule has 0 saturated carbocycles. The van der Waals surface area contributed by atoms with E-state index in [2.05, 4.69) is 4.98 Å². The second-order valence-electron chi connectivity index (χ2n) is 6.94. The average Bonchev–Trinajstić information content (AvgIpc) is 2.54. The lowest BCUT2D eigenvalue weighted by Gasteiger charge is -2.33. The second-order valence-corrected chi connectivity index (χ2v) is 6.94. The molecule has 0 fully saturated rings. The lowest BCUT2D eigenvalue weighted by Crippen LogP contribution is -2.54. The van der Waals surface area contributed by atoms with Gasteiger partial charge in [0.1, 0.15) is 0 Å². The molecule has 1 aromatic heterocycles. The minimum Gasteiger partial charge on any atom is -0.479 e. The molecule has 0 aliphatic carbocycles. The van der Waals surface area contributed by atoms with Gasteiger partial charge in [-0.1, -0.05) is 24.3 Å². The first kappa shape index (κ1) is 19.4. The molecule has 3 N–H and O–H groups in total. The van der Waals surface area contributed by atoms with Crippen LogP contribution in [0.25, 0.3) is 11.1 Å². The molecule has 2 rings (SSSR count). The molecule has 0 spiro atoms. The Kier molecular flexibility index (Phi) is 5.32. The largest absolute Gasteiger partial charge is 0.479 e. The van der Waals surface area contributed by atoms with E-state index in [4.69, 9.17) is 4.74 Å². The Balaban J connectivity index is 2.38. The van der Waals surface area contributed by atoms with Gasteiger partial charge in [0.05, 0.1) is 5.60 Å². The number of H-pyrrole nitrogens is 1. The average molecular weight is 359 g/mol. The van der Waals surface area contributed by atoms with Crippen molar-refractivity contribution < 1.29 is 24.5 Å². The molecule has 0 aliphatic rings. The van der Waals surface area contributed by atoms with Crippen LogP contribution in [0.2, 0.25) is 0 Å². The maximum atomic E-state index is 11.8. The van der Waals surface area contributed by atoms with Crippen molar-refractivity contribution in [3.05, 3.63) is 58.5 Å². The van der Waals surface area contributed by atoms with Gasteiger partial charge in [0.25, 0.3) is 11.2 Å². The Hall–Kier alpha value is -2.93.